The van der Waals surface area contributed by atoms with E-state index in [-0.39, 0.29) is 11.8 Å². The minimum atomic E-state index is -0.946. The Morgan fingerprint density at radius 1 is 1.29 bits per heavy atom. The van der Waals surface area contributed by atoms with Gasteiger partial charge in [-0.1, -0.05) is 25.3 Å². The molecular weight excluding hydrogens is 334 g/mol. The van der Waals surface area contributed by atoms with E-state index in [2.05, 4.69) is 21.2 Å². The van der Waals surface area contributed by atoms with E-state index in [1.165, 1.54) is 0 Å². The molecule has 0 radical (unpaired) electrons. The highest BCUT2D eigenvalue weighted by atomic mass is 79.9. The van der Waals surface area contributed by atoms with Gasteiger partial charge in [0.1, 0.15) is 6.04 Å². The van der Waals surface area contributed by atoms with Gasteiger partial charge in [-0.3, -0.25) is 4.79 Å². The average molecular weight is 354 g/mol. The lowest BCUT2D eigenvalue weighted by atomic mass is 9.84. The molecule has 1 aliphatic rings. The first-order chi connectivity index (χ1) is 9.99. The van der Waals surface area contributed by atoms with Crippen molar-refractivity contribution in [3.8, 4) is 0 Å². The molecule has 1 amide bonds. The number of carboxylic acid groups (broad SMARTS) is 1. The van der Waals surface area contributed by atoms with Crippen molar-refractivity contribution in [2.24, 2.45) is 5.92 Å². The number of hydrogen-bond donors (Lipinski definition) is 2. The third-order valence-corrected chi connectivity index (χ3v) is 4.70. The van der Waals surface area contributed by atoms with E-state index in [1.807, 2.05) is 19.1 Å². The molecule has 5 heteroatoms. The van der Waals surface area contributed by atoms with E-state index in [0.29, 0.717) is 10.0 Å². The molecule has 1 unspecified atom stereocenters. The standard InChI is InChI=1S/C16H20BrNO3/c1-10-7-8-12(13(17)9-10)15(19)18-14(16(20)21)11-5-3-2-4-6-11/h7-9,11,14H,2-6H2,1H3,(H,18,19)(H,20,21). The summed E-state index contributed by atoms with van der Waals surface area (Å²) in [6, 6.07) is 4.61. The third-order valence-electron chi connectivity index (χ3n) is 4.04. The second-order valence-corrected chi connectivity index (χ2v) is 6.53. The van der Waals surface area contributed by atoms with Crippen LogP contribution in [0.5, 0.6) is 0 Å². The zero-order valence-corrected chi connectivity index (χ0v) is 13.6. The molecule has 1 saturated carbocycles. The fourth-order valence-corrected chi connectivity index (χ4v) is 3.55. The summed E-state index contributed by atoms with van der Waals surface area (Å²) in [5.74, 6) is -1.25. The van der Waals surface area contributed by atoms with Gasteiger partial charge in [-0.05, 0) is 59.3 Å². The number of halogens is 1. The number of nitrogens with one attached hydrogen (secondary N) is 1. The predicted molar refractivity (Wildman–Crippen MR) is 84.3 cm³/mol. The number of carbonyl (C=O) groups is 2. The van der Waals surface area contributed by atoms with Crippen molar-refractivity contribution in [2.45, 2.75) is 45.1 Å². The molecule has 0 saturated heterocycles. The monoisotopic (exact) mass is 353 g/mol. The van der Waals surface area contributed by atoms with Gasteiger partial charge >= 0.3 is 5.97 Å². The number of benzene rings is 1. The van der Waals surface area contributed by atoms with Gasteiger partial charge in [-0.25, -0.2) is 4.79 Å². The molecule has 0 aromatic heterocycles. The first-order valence-electron chi connectivity index (χ1n) is 7.29. The molecule has 1 fully saturated rings. The zero-order chi connectivity index (χ0) is 15.4. The molecule has 114 valence electrons. The van der Waals surface area contributed by atoms with Crippen LogP contribution < -0.4 is 5.32 Å². The zero-order valence-electron chi connectivity index (χ0n) is 12.1. The summed E-state index contributed by atoms with van der Waals surface area (Å²) in [5.41, 5.74) is 1.52. The second kappa shape index (κ2) is 7.07. The Balaban J connectivity index is 2.12. The minimum Gasteiger partial charge on any atom is -0.480 e. The maximum absolute atomic E-state index is 12.3. The highest BCUT2D eigenvalue weighted by Crippen LogP contribution is 2.27. The molecular formula is C16H20BrNO3. The van der Waals surface area contributed by atoms with Gasteiger partial charge in [0.2, 0.25) is 0 Å². The molecule has 0 heterocycles. The Morgan fingerprint density at radius 3 is 2.52 bits per heavy atom. The van der Waals surface area contributed by atoms with Crippen LogP contribution >= 0.6 is 15.9 Å². The third kappa shape index (κ3) is 4.06. The normalized spacial score (nSPS) is 17.2. The number of hydrogen-bond acceptors (Lipinski definition) is 2. The molecule has 0 spiro atoms. The number of carbonyl (C=O) groups excluding carboxylic acids is 1. The Labute approximate surface area is 133 Å². The Kier molecular flexibility index (Phi) is 5.39. The second-order valence-electron chi connectivity index (χ2n) is 5.67. The van der Waals surface area contributed by atoms with Gasteiger partial charge in [0.25, 0.3) is 5.91 Å². The van der Waals surface area contributed by atoms with Crippen LogP contribution in [0, 0.1) is 12.8 Å². The van der Waals surface area contributed by atoms with Crippen LogP contribution in [-0.2, 0) is 4.79 Å². The van der Waals surface area contributed by atoms with Crippen LogP contribution in [0.3, 0.4) is 0 Å². The lowest BCUT2D eigenvalue weighted by Crippen LogP contribution is -2.46. The van der Waals surface area contributed by atoms with E-state index in [4.69, 9.17) is 0 Å². The number of aliphatic carboxylic acids is 1. The molecule has 4 nitrogen and oxygen atoms in total. The number of aryl methyl sites for hydroxylation is 1. The van der Waals surface area contributed by atoms with Crippen molar-refractivity contribution < 1.29 is 14.7 Å². The van der Waals surface area contributed by atoms with E-state index in [0.717, 1.165) is 37.7 Å². The van der Waals surface area contributed by atoms with Crippen molar-refractivity contribution in [2.75, 3.05) is 0 Å². The SMILES string of the molecule is Cc1ccc(C(=O)NC(C(=O)O)C2CCCCC2)c(Br)c1. The van der Waals surface area contributed by atoms with Crippen molar-refractivity contribution >= 4 is 27.8 Å². The van der Waals surface area contributed by atoms with Crippen LogP contribution in [0.4, 0.5) is 0 Å². The Bertz CT molecular complexity index is 538. The van der Waals surface area contributed by atoms with Gasteiger partial charge in [0, 0.05) is 4.47 Å². The first-order valence-corrected chi connectivity index (χ1v) is 8.08. The summed E-state index contributed by atoms with van der Waals surface area (Å²) < 4.78 is 0.688. The average Bonchev–Trinajstić information content (AvgIpc) is 2.45. The summed E-state index contributed by atoms with van der Waals surface area (Å²) in [6.45, 7) is 1.94. The maximum atomic E-state index is 12.3. The van der Waals surface area contributed by atoms with Crippen molar-refractivity contribution in [3.05, 3.63) is 33.8 Å². The quantitative estimate of drug-likeness (QED) is 0.870. The molecule has 0 bridgehead atoms. The van der Waals surface area contributed by atoms with E-state index in [9.17, 15) is 14.7 Å². The Morgan fingerprint density at radius 2 is 1.95 bits per heavy atom. The lowest BCUT2D eigenvalue weighted by Gasteiger charge is -2.28. The van der Waals surface area contributed by atoms with Gasteiger partial charge in [0.05, 0.1) is 5.56 Å². The smallest absolute Gasteiger partial charge is 0.326 e. The molecule has 2 N–H and O–H groups in total. The minimum absolute atomic E-state index is 0.0319. The maximum Gasteiger partial charge on any atom is 0.326 e. The van der Waals surface area contributed by atoms with Gasteiger partial charge in [-0.15, -0.1) is 0 Å². The van der Waals surface area contributed by atoms with Gasteiger partial charge in [0.15, 0.2) is 0 Å². The topological polar surface area (TPSA) is 66.4 Å². The predicted octanol–water partition coefficient (Wildman–Crippen LogP) is 3.52. The number of amides is 1. The highest BCUT2D eigenvalue weighted by Gasteiger charge is 2.31. The summed E-state index contributed by atoms with van der Waals surface area (Å²) in [6.07, 6.45) is 4.97. The molecule has 1 aromatic carbocycles. The molecule has 1 aliphatic carbocycles. The molecule has 1 aromatic rings. The molecule has 21 heavy (non-hydrogen) atoms. The van der Waals surface area contributed by atoms with E-state index in [1.54, 1.807) is 6.07 Å². The van der Waals surface area contributed by atoms with Crippen molar-refractivity contribution in [1.29, 1.82) is 0 Å². The van der Waals surface area contributed by atoms with E-state index < -0.39 is 12.0 Å². The van der Waals surface area contributed by atoms with Crippen LogP contribution in [0.1, 0.15) is 48.0 Å². The van der Waals surface area contributed by atoms with E-state index >= 15 is 0 Å². The molecule has 0 aliphatic heterocycles. The molecule has 1 atom stereocenters. The van der Waals surface area contributed by atoms with Gasteiger partial charge < -0.3 is 10.4 Å². The summed E-state index contributed by atoms with van der Waals surface area (Å²) in [5, 5.41) is 12.1. The van der Waals surface area contributed by atoms with Gasteiger partial charge in [-0.2, -0.15) is 0 Å². The lowest BCUT2D eigenvalue weighted by molar-refractivity contribution is -0.141. The van der Waals surface area contributed by atoms with Crippen LogP contribution in [0.25, 0.3) is 0 Å². The number of carboxylic acids is 1. The Hall–Kier alpha value is -1.36. The summed E-state index contributed by atoms with van der Waals surface area (Å²) in [7, 11) is 0. The van der Waals surface area contributed by atoms with Crippen LogP contribution in [0.15, 0.2) is 22.7 Å². The van der Waals surface area contributed by atoms with Crippen molar-refractivity contribution in [3.63, 3.8) is 0 Å². The van der Waals surface area contributed by atoms with Crippen LogP contribution in [-0.4, -0.2) is 23.0 Å². The van der Waals surface area contributed by atoms with Crippen LogP contribution in [0.2, 0.25) is 0 Å². The highest BCUT2D eigenvalue weighted by molar-refractivity contribution is 9.10. The first kappa shape index (κ1) is 16.0. The van der Waals surface area contributed by atoms with Crippen molar-refractivity contribution in [1.82, 2.24) is 5.32 Å². The molecule has 2 rings (SSSR count). The summed E-state index contributed by atoms with van der Waals surface area (Å²) >= 11 is 3.36. The summed E-state index contributed by atoms with van der Waals surface area (Å²) in [4.78, 5) is 23.8. The fourth-order valence-electron chi connectivity index (χ4n) is 2.87. The fraction of sp³-hybridized carbons (Fsp3) is 0.500. The largest absolute Gasteiger partial charge is 0.480 e. The number of rotatable bonds is 4.